The maximum Gasteiger partial charge on any atom is 0.325 e. The molecule has 2 aromatic carbocycles. The zero-order chi connectivity index (χ0) is 18.8. The third-order valence-electron chi connectivity index (χ3n) is 3.44. The minimum atomic E-state index is -0.502. The summed E-state index contributed by atoms with van der Waals surface area (Å²) in [5.41, 5.74) is 1.27. The molecule has 0 saturated carbocycles. The molecule has 2 aromatic rings. The van der Waals surface area contributed by atoms with E-state index in [2.05, 4.69) is 5.32 Å². The molecular formula is C20H23NO5. The summed E-state index contributed by atoms with van der Waals surface area (Å²) in [6, 6.07) is 14.2. The lowest BCUT2D eigenvalue weighted by Crippen LogP contribution is -2.30. The van der Waals surface area contributed by atoms with Gasteiger partial charge in [0.1, 0.15) is 13.2 Å². The first-order valence-corrected chi connectivity index (χ1v) is 8.51. The Labute approximate surface area is 153 Å². The Kier molecular flexibility index (Phi) is 7.49. The van der Waals surface area contributed by atoms with Crippen LogP contribution in [0.1, 0.15) is 29.8 Å². The monoisotopic (exact) mass is 357 g/mol. The molecule has 1 N–H and O–H groups in total. The number of benzene rings is 2. The second-order valence-electron chi connectivity index (χ2n) is 5.36. The topological polar surface area (TPSA) is 73.9 Å². The van der Waals surface area contributed by atoms with E-state index in [0.717, 1.165) is 5.56 Å². The molecule has 0 aliphatic carbocycles. The van der Waals surface area contributed by atoms with E-state index >= 15 is 0 Å². The van der Waals surface area contributed by atoms with E-state index < -0.39 is 5.97 Å². The maximum absolute atomic E-state index is 12.2. The zero-order valence-corrected chi connectivity index (χ0v) is 15.0. The van der Waals surface area contributed by atoms with E-state index in [4.69, 9.17) is 14.2 Å². The van der Waals surface area contributed by atoms with E-state index in [-0.39, 0.29) is 19.1 Å². The van der Waals surface area contributed by atoms with E-state index in [0.29, 0.717) is 30.3 Å². The minimum absolute atomic E-state index is 0.174. The summed E-state index contributed by atoms with van der Waals surface area (Å²) >= 11 is 0. The van der Waals surface area contributed by atoms with E-state index in [1.807, 2.05) is 44.2 Å². The van der Waals surface area contributed by atoms with Crippen molar-refractivity contribution in [2.75, 3.05) is 19.8 Å². The molecule has 0 radical (unpaired) electrons. The summed E-state index contributed by atoms with van der Waals surface area (Å²) in [5, 5.41) is 2.55. The van der Waals surface area contributed by atoms with Gasteiger partial charge in [-0.2, -0.15) is 0 Å². The summed E-state index contributed by atoms with van der Waals surface area (Å²) in [6.07, 6.45) is 0. The average molecular weight is 357 g/mol. The zero-order valence-electron chi connectivity index (χ0n) is 15.0. The maximum atomic E-state index is 12.2. The van der Waals surface area contributed by atoms with Crippen LogP contribution >= 0.6 is 0 Å². The third kappa shape index (κ3) is 5.81. The van der Waals surface area contributed by atoms with Crippen molar-refractivity contribution in [1.82, 2.24) is 5.32 Å². The van der Waals surface area contributed by atoms with Gasteiger partial charge in [0.05, 0.1) is 13.2 Å². The van der Waals surface area contributed by atoms with Crippen LogP contribution in [0.5, 0.6) is 11.5 Å². The highest BCUT2D eigenvalue weighted by Gasteiger charge is 2.13. The molecule has 0 aliphatic rings. The van der Waals surface area contributed by atoms with Crippen LogP contribution in [0.3, 0.4) is 0 Å². The highest BCUT2D eigenvalue weighted by molar-refractivity contribution is 5.96. The number of rotatable bonds is 9. The van der Waals surface area contributed by atoms with E-state index in [1.54, 1.807) is 18.2 Å². The van der Waals surface area contributed by atoms with Crippen LogP contribution in [0.4, 0.5) is 0 Å². The van der Waals surface area contributed by atoms with Crippen molar-refractivity contribution in [2.24, 2.45) is 0 Å². The number of carbonyl (C=O) groups is 2. The van der Waals surface area contributed by atoms with Crippen LogP contribution in [0.25, 0.3) is 0 Å². The predicted molar refractivity (Wildman–Crippen MR) is 97.4 cm³/mol. The fraction of sp³-hybridized carbons (Fsp3) is 0.300. The van der Waals surface area contributed by atoms with Gasteiger partial charge in [-0.05, 0) is 37.6 Å². The lowest BCUT2D eigenvalue weighted by Gasteiger charge is -2.12. The second-order valence-corrected chi connectivity index (χ2v) is 5.36. The Morgan fingerprint density at radius 3 is 2.31 bits per heavy atom. The lowest BCUT2D eigenvalue weighted by atomic mass is 10.2. The van der Waals surface area contributed by atoms with E-state index in [1.165, 1.54) is 0 Å². The molecule has 6 heteroatoms. The molecule has 2 rings (SSSR count). The number of amides is 1. The van der Waals surface area contributed by atoms with Gasteiger partial charge in [0.2, 0.25) is 0 Å². The fourth-order valence-electron chi connectivity index (χ4n) is 2.24. The smallest absolute Gasteiger partial charge is 0.325 e. The van der Waals surface area contributed by atoms with Gasteiger partial charge in [-0.15, -0.1) is 0 Å². The van der Waals surface area contributed by atoms with Crippen molar-refractivity contribution >= 4 is 11.9 Å². The van der Waals surface area contributed by atoms with Gasteiger partial charge in [0.25, 0.3) is 5.91 Å². The highest BCUT2D eigenvalue weighted by Crippen LogP contribution is 2.28. The molecule has 0 heterocycles. The van der Waals surface area contributed by atoms with Gasteiger partial charge >= 0.3 is 5.97 Å². The van der Waals surface area contributed by atoms with Gasteiger partial charge in [-0.1, -0.05) is 30.3 Å². The molecule has 0 unspecified atom stereocenters. The van der Waals surface area contributed by atoms with Crippen molar-refractivity contribution in [2.45, 2.75) is 20.5 Å². The molecule has 0 aliphatic heterocycles. The Bertz CT molecular complexity index is 730. The summed E-state index contributed by atoms with van der Waals surface area (Å²) in [7, 11) is 0. The fourth-order valence-corrected chi connectivity index (χ4v) is 2.24. The van der Waals surface area contributed by atoms with Crippen LogP contribution in [-0.4, -0.2) is 31.6 Å². The molecule has 0 atom stereocenters. The molecule has 138 valence electrons. The summed E-state index contributed by atoms with van der Waals surface area (Å²) in [6.45, 7) is 4.65. The Morgan fingerprint density at radius 1 is 0.923 bits per heavy atom. The van der Waals surface area contributed by atoms with E-state index in [9.17, 15) is 9.59 Å². The number of carbonyl (C=O) groups excluding carboxylic acids is 2. The van der Waals surface area contributed by atoms with Crippen LogP contribution < -0.4 is 14.8 Å². The molecule has 0 fully saturated rings. The number of esters is 1. The number of nitrogens with one attached hydrogen (secondary N) is 1. The van der Waals surface area contributed by atoms with Crippen LogP contribution in [0.2, 0.25) is 0 Å². The summed E-state index contributed by atoms with van der Waals surface area (Å²) in [5.74, 6) is 0.186. The molecule has 26 heavy (non-hydrogen) atoms. The number of ether oxygens (including phenoxy) is 3. The van der Waals surface area contributed by atoms with Crippen LogP contribution in [-0.2, 0) is 16.1 Å². The first kappa shape index (κ1) is 19.3. The summed E-state index contributed by atoms with van der Waals surface area (Å²) in [4.78, 5) is 24.0. The van der Waals surface area contributed by atoms with Crippen molar-refractivity contribution in [3.8, 4) is 11.5 Å². The molecule has 0 bridgehead atoms. The minimum Gasteiger partial charge on any atom is -0.490 e. The predicted octanol–water partition coefficient (Wildman–Crippen LogP) is 2.96. The van der Waals surface area contributed by atoms with Gasteiger partial charge in [0.15, 0.2) is 11.5 Å². The van der Waals surface area contributed by atoms with Crippen molar-refractivity contribution in [3.05, 3.63) is 59.7 Å². The molecule has 0 spiro atoms. The van der Waals surface area contributed by atoms with Gasteiger partial charge in [-0.3, -0.25) is 9.59 Å². The second kappa shape index (κ2) is 10.1. The van der Waals surface area contributed by atoms with Gasteiger partial charge in [0, 0.05) is 5.56 Å². The molecule has 6 nitrogen and oxygen atoms in total. The average Bonchev–Trinajstić information content (AvgIpc) is 2.67. The molecule has 0 saturated heterocycles. The van der Waals surface area contributed by atoms with Crippen LogP contribution in [0, 0.1) is 0 Å². The first-order valence-electron chi connectivity index (χ1n) is 8.51. The van der Waals surface area contributed by atoms with Crippen molar-refractivity contribution < 1.29 is 23.8 Å². The highest BCUT2D eigenvalue weighted by atomic mass is 16.5. The third-order valence-corrected chi connectivity index (χ3v) is 3.44. The van der Waals surface area contributed by atoms with Crippen molar-refractivity contribution in [3.63, 3.8) is 0 Å². The normalized spacial score (nSPS) is 10.1. The van der Waals surface area contributed by atoms with Gasteiger partial charge in [-0.25, -0.2) is 0 Å². The molecular weight excluding hydrogens is 334 g/mol. The largest absolute Gasteiger partial charge is 0.490 e. The first-order chi connectivity index (χ1) is 12.6. The lowest BCUT2D eigenvalue weighted by molar-refractivity contribution is -0.143. The quantitative estimate of drug-likeness (QED) is 0.699. The Hall–Kier alpha value is -3.02. The van der Waals surface area contributed by atoms with Crippen molar-refractivity contribution in [1.29, 1.82) is 0 Å². The standard InChI is InChI=1S/C20H23NO5/c1-3-24-17-11-10-16(12-18(17)25-4-2)20(23)21-13-19(22)26-14-15-8-6-5-7-9-15/h5-12H,3-4,13-14H2,1-2H3,(H,21,23). The summed E-state index contributed by atoms with van der Waals surface area (Å²) < 4.78 is 16.1. The molecule has 1 amide bonds. The Morgan fingerprint density at radius 2 is 1.62 bits per heavy atom. The number of hydrogen-bond donors (Lipinski definition) is 1. The number of hydrogen-bond acceptors (Lipinski definition) is 5. The molecule has 0 aromatic heterocycles. The Balaban J connectivity index is 1.88. The SMILES string of the molecule is CCOc1ccc(C(=O)NCC(=O)OCc2ccccc2)cc1OCC. The van der Waals surface area contributed by atoms with Gasteiger partial charge < -0.3 is 19.5 Å². The van der Waals surface area contributed by atoms with Crippen LogP contribution in [0.15, 0.2) is 48.5 Å².